The Morgan fingerprint density at radius 3 is 2.61 bits per heavy atom. The highest BCUT2D eigenvalue weighted by Crippen LogP contribution is 2.12. The Morgan fingerprint density at radius 1 is 1.33 bits per heavy atom. The smallest absolute Gasteiger partial charge is 0.147 e. The molecule has 5 heteroatoms. The van der Waals surface area contributed by atoms with Gasteiger partial charge in [-0.2, -0.15) is 0 Å². The number of hydrogen-bond donors (Lipinski definition) is 0. The summed E-state index contributed by atoms with van der Waals surface area (Å²) in [5.41, 5.74) is 1.99. The molecule has 0 saturated carbocycles. The first-order chi connectivity index (χ1) is 8.28. The molecule has 0 aliphatic carbocycles. The topological polar surface area (TPSA) is 37.4 Å². The Kier molecular flexibility index (Phi) is 5.28. The van der Waals surface area contributed by atoms with Crippen molar-refractivity contribution in [3.8, 4) is 0 Å². The molecule has 1 aromatic carbocycles. The molecule has 0 aromatic heterocycles. The number of nitrogens with zero attached hydrogens (tertiary/aromatic N) is 1. The molecule has 18 heavy (non-hydrogen) atoms. The summed E-state index contributed by atoms with van der Waals surface area (Å²) >= 11 is 0. The van der Waals surface area contributed by atoms with Crippen LogP contribution in [0.4, 0.5) is 4.39 Å². The van der Waals surface area contributed by atoms with Crippen molar-refractivity contribution in [1.82, 2.24) is 4.90 Å². The molecule has 0 unspecified atom stereocenters. The molecule has 0 bridgehead atoms. The van der Waals surface area contributed by atoms with Crippen LogP contribution in [0.3, 0.4) is 0 Å². The summed E-state index contributed by atoms with van der Waals surface area (Å²) in [6.45, 7) is 3.26. The Hall–Kier alpha value is -0.940. The van der Waals surface area contributed by atoms with Crippen LogP contribution in [0.25, 0.3) is 0 Å². The van der Waals surface area contributed by atoms with Gasteiger partial charge in [-0.3, -0.25) is 0 Å². The maximum absolute atomic E-state index is 13.1. The van der Waals surface area contributed by atoms with Gasteiger partial charge in [0.1, 0.15) is 15.7 Å². The molecule has 0 fully saturated rings. The van der Waals surface area contributed by atoms with E-state index in [1.54, 1.807) is 6.07 Å². The second-order valence-electron chi connectivity index (χ2n) is 4.79. The van der Waals surface area contributed by atoms with E-state index in [1.165, 1.54) is 18.4 Å². The molecular weight excluding hydrogens is 253 g/mol. The maximum atomic E-state index is 13.1. The van der Waals surface area contributed by atoms with Gasteiger partial charge in [0.2, 0.25) is 0 Å². The normalized spacial score (nSPS) is 12.1. The van der Waals surface area contributed by atoms with Gasteiger partial charge in [-0.15, -0.1) is 0 Å². The zero-order chi connectivity index (χ0) is 13.8. The van der Waals surface area contributed by atoms with Crippen molar-refractivity contribution < 1.29 is 12.8 Å². The van der Waals surface area contributed by atoms with Gasteiger partial charge in [-0.05, 0) is 50.2 Å². The number of halogens is 1. The Balaban J connectivity index is 2.49. The fourth-order valence-electron chi connectivity index (χ4n) is 1.78. The fourth-order valence-corrected chi connectivity index (χ4v) is 2.43. The van der Waals surface area contributed by atoms with Gasteiger partial charge in [0.25, 0.3) is 0 Å². The lowest BCUT2D eigenvalue weighted by atomic mass is 10.1. The maximum Gasteiger partial charge on any atom is 0.147 e. The third-order valence-corrected chi connectivity index (χ3v) is 3.84. The zero-order valence-electron chi connectivity index (χ0n) is 11.1. The fraction of sp³-hybridized carbons (Fsp3) is 0.538. The Labute approximate surface area is 109 Å². The molecule has 0 N–H and O–H groups in total. The summed E-state index contributed by atoms with van der Waals surface area (Å²) < 4.78 is 35.1. The van der Waals surface area contributed by atoms with Gasteiger partial charge >= 0.3 is 0 Å². The SMILES string of the molecule is Cc1ccc(F)cc1CN(C)CCCS(C)(=O)=O. The van der Waals surface area contributed by atoms with Crippen molar-refractivity contribution in [3.63, 3.8) is 0 Å². The summed E-state index contributed by atoms with van der Waals surface area (Å²) in [4.78, 5) is 2.01. The molecule has 1 rings (SSSR count). The first kappa shape index (κ1) is 15.1. The average Bonchev–Trinajstić information content (AvgIpc) is 2.21. The van der Waals surface area contributed by atoms with Gasteiger partial charge in [-0.25, -0.2) is 12.8 Å². The molecule has 3 nitrogen and oxygen atoms in total. The molecular formula is C13H20FNO2S. The molecule has 0 spiro atoms. The molecule has 0 heterocycles. The molecule has 0 aliphatic heterocycles. The van der Waals surface area contributed by atoms with Crippen LogP contribution in [0.2, 0.25) is 0 Å². The van der Waals surface area contributed by atoms with Gasteiger partial charge in [0, 0.05) is 12.8 Å². The average molecular weight is 273 g/mol. The summed E-state index contributed by atoms with van der Waals surface area (Å²) in [5.74, 6) is -0.0421. The highest BCUT2D eigenvalue weighted by Gasteiger charge is 2.07. The molecule has 0 amide bonds. The van der Waals surface area contributed by atoms with Crippen LogP contribution in [0.5, 0.6) is 0 Å². The number of hydrogen-bond acceptors (Lipinski definition) is 3. The minimum atomic E-state index is -2.89. The second-order valence-corrected chi connectivity index (χ2v) is 7.05. The Bertz CT molecular complexity index is 500. The lowest BCUT2D eigenvalue weighted by Gasteiger charge is -2.17. The van der Waals surface area contributed by atoms with Crippen LogP contribution in [-0.2, 0) is 16.4 Å². The highest BCUT2D eigenvalue weighted by molar-refractivity contribution is 7.90. The molecule has 0 saturated heterocycles. The lowest BCUT2D eigenvalue weighted by molar-refractivity contribution is 0.326. The molecule has 0 atom stereocenters. The predicted molar refractivity (Wildman–Crippen MR) is 71.8 cm³/mol. The summed E-state index contributed by atoms with van der Waals surface area (Å²) in [6, 6.07) is 4.74. The zero-order valence-corrected chi connectivity index (χ0v) is 11.9. The minimum absolute atomic E-state index is 0.194. The van der Waals surface area contributed by atoms with Crippen LogP contribution in [0.15, 0.2) is 18.2 Å². The monoisotopic (exact) mass is 273 g/mol. The van der Waals surface area contributed by atoms with Crippen molar-refractivity contribution in [2.45, 2.75) is 19.9 Å². The van der Waals surface area contributed by atoms with E-state index in [0.29, 0.717) is 19.5 Å². The third kappa shape index (κ3) is 5.60. The number of rotatable bonds is 6. The summed E-state index contributed by atoms with van der Waals surface area (Å²) in [7, 11) is -0.985. The van der Waals surface area contributed by atoms with Gasteiger partial charge < -0.3 is 4.90 Å². The standard InChI is InChI=1S/C13H20FNO2S/c1-11-5-6-13(14)9-12(11)10-15(2)7-4-8-18(3,16)17/h5-6,9H,4,7-8,10H2,1-3H3. The van der Waals surface area contributed by atoms with Crippen molar-refractivity contribution in [3.05, 3.63) is 35.1 Å². The number of sulfone groups is 1. The van der Waals surface area contributed by atoms with E-state index in [-0.39, 0.29) is 11.6 Å². The third-order valence-electron chi connectivity index (χ3n) is 2.81. The molecule has 0 aliphatic rings. The predicted octanol–water partition coefficient (Wildman–Crippen LogP) is 2.00. The van der Waals surface area contributed by atoms with E-state index in [0.717, 1.165) is 11.1 Å². The van der Waals surface area contributed by atoms with E-state index in [9.17, 15) is 12.8 Å². The second kappa shape index (κ2) is 6.29. The first-order valence-electron chi connectivity index (χ1n) is 5.89. The molecule has 102 valence electrons. The van der Waals surface area contributed by atoms with E-state index in [1.807, 2.05) is 18.9 Å². The quantitative estimate of drug-likeness (QED) is 0.795. The van der Waals surface area contributed by atoms with E-state index >= 15 is 0 Å². The Morgan fingerprint density at radius 2 is 2.00 bits per heavy atom. The van der Waals surface area contributed by atoms with Crippen molar-refractivity contribution in [1.29, 1.82) is 0 Å². The largest absolute Gasteiger partial charge is 0.302 e. The van der Waals surface area contributed by atoms with Crippen molar-refractivity contribution in [2.75, 3.05) is 25.6 Å². The van der Waals surface area contributed by atoms with Crippen LogP contribution >= 0.6 is 0 Å². The minimum Gasteiger partial charge on any atom is -0.302 e. The lowest BCUT2D eigenvalue weighted by Crippen LogP contribution is -2.21. The van der Waals surface area contributed by atoms with Gasteiger partial charge in [0.15, 0.2) is 0 Å². The van der Waals surface area contributed by atoms with Gasteiger partial charge in [-0.1, -0.05) is 6.07 Å². The van der Waals surface area contributed by atoms with Crippen molar-refractivity contribution in [2.24, 2.45) is 0 Å². The van der Waals surface area contributed by atoms with Crippen LogP contribution < -0.4 is 0 Å². The van der Waals surface area contributed by atoms with Crippen LogP contribution in [-0.4, -0.2) is 38.9 Å². The van der Waals surface area contributed by atoms with Crippen LogP contribution in [0, 0.1) is 12.7 Å². The van der Waals surface area contributed by atoms with E-state index < -0.39 is 9.84 Å². The summed E-state index contributed by atoms with van der Waals surface area (Å²) in [6.07, 6.45) is 1.84. The number of aryl methyl sites for hydroxylation is 1. The van der Waals surface area contributed by atoms with Crippen LogP contribution in [0.1, 0.15) is 17.5 Å². The molecule has 1 aromatic rings. The highest BCUT2D eigenvalue weighted by atomic mass is 32.2. The number of benzene rings is 1. The van der Waals surface area contributed by atoms with E-state index in [2.05, 4.69) is 0 Å². The summed E-state index contributed by atoms with van der Waals surface area (Å²) in [5, 5.41) is 0. The molecule has 0 radical (unpaired) electrons. The first-order valence-corrected chi connectivity index (χ1v) is 7.95. The van der Waals surface area contributed by atoms with E-state index in [4.69, 9.17) is 0 Å². The van der Waals surface area contributed by atoms with Gasteiger partial charge in [0.05, 0.1) is 5.75 Å². The van der Waals surface area contributed by atoms with Crippen molar-refractivity contribution >= 4 is 9.84 Å².